The highest BCUT2D eigenvalue weighted by Crippen LogP contribution is 2.49. The molecule has 1 aromatic carbocycles. The summed E-state index contributed by atoms with van der Waals surface area (Å²) in [5.41, 5.74) is 0.473. The average Bonchev–Trinajstić information content (AvgIpc) is 2.71. The van der Waals surface area contributed by atoms with Gasteiger partial charge in [0.15, 0.2) is 0 Å². The lowest BCUT2D eigenvalue weighted by atomic mass is 9.66. The maximum atomic E-state index is 13.1. The van der Waals surface area contributed by atoms with Gasteiger partial charge in [0.05, 0.1) is 25.5 Å². The van der Waals surface area contributed by atoms with Crippen molar-refractivity contribution >= 4 is 17.8 Å². The first-order chi connectivity index (χ1) is 14.0. The smallest absolute Gasteiger partial charge is 0.318 e. The first-order valence-electron chi connectivity index (χ1n) is 9.93. The molecule has 1 amide bonds. The van der Waals surface area contributed by atoms with E-state index in [1.807, 2.05) is 36.4 Å². The summed E-state index contributed by atoms with van der Waals surface area (Å²) in [6.45, 7) is 2.09. The van der Waals surface area contributed by atoms with Crippen LogP contribution in [0.5, 0.6) is 0 Å². The van der Waals surface area contributed by atoms with Gasteiger partial charge in [-0.2, -0.15) is 0 Å². The number of carbonyl (C=O) groups excluding carboxylic acids is 2. The van der Waals surface area contributed by atoms with Gasteiger partial charge < -0.3 is 14.7 Å². The largest absolute Gasteiger partial charge is 0.481 e. The molecule has 29 heavy (non-hydrogen) atoms. The maximum Gasteiger partial charge on any atom is 0.318 e. The van der Waals surface area contributed by atoms with Crippen molar-refractivity contribution in [2.75, 3.05) is 13.2 Å². The standard InChI is InChI=1S/C23H25NO5/c1-2-29-22(28)23-13-7-6-12-19(23)24(21(27)18(16-23)15-20(25)26)14-8-11-17-9-4-3-5-10-17/h3-5,9-10,12,18H,2,6-7,13-16H2,1H3,(H,25,26)/t18-,23-/m0/s1. The SMILES string of the molecule is CCOC(=O)[C@]12CCCC=C1N(CC#Cc1ccccc1)C(=O)[C@@H](CC(=O)O)C2. The molecule has 1 aliphatic carbocycles. The third-order valence-electron chi connectivity index (χ3n) is 5.47. The Hall–Kier alpha value is -3.07. The van der Waals surface area contributed by atoms with Crippen LogP contribution in [0.3, 0.4) is 0 Å². The Labute approximate surface area is 170 Å². The second kappa shape index (κ2) is 8.95. The first-order valence-corrected chi connectivity index (χ1v) is 9.93. The van der Waals surface area contributed by atoms with Crippen LogP contribution >= 0.6 is 0 Å². The van der Waals surface area contributed by atoms with Crippen LogP contribution < -0.4 is 0 Å². The van der Waals surface area contributed by atoms with Crippen molar-refractivity contribution in [3.05, 3.63) is 47.7 Å². The zero-order chi connectivity index (χ0) is 20.9. The highest BCUT2D eigenvalue weighted by molar-refractivity contribution is 5.91. The number of carboxylic acids is 1. The van der Waals surface area contributed by atoms with E-state index in [2.05, 4.69) is 11.8 Å². The zero-order valence-electron chi connectivity index (χ0n) is 16.5. The Bertz CT molecular complexity index is 880. The van der Waals surface area contributed by atoms with Gasteiger partial charge in [0.1, 0.15) is 5.41 Å². The van der Waals surface area contributed by atoms with Crippen molar-refractivity contribution in [2.45, 2.75) is 39.0 Å². The van der Waals surface area contributed by atoms with E-state index in [4.69, 9.17) is 4.74 Å². The highest BCUT2D eigenvalue weighted by Gasteiger charge is 2.54. The minimum atomic E-state index is -1.05. The molecule has 0 unspecified atom stereocenters. The number of benzene rings is 1. The molecule has 152 valence electrons. The molecule has 6 heteroatoms. The van der Waals surface area contributed by atoms with Crippen LogP contribution in [0.2, 0.25) is 0 Å². The number of hydrogen-bond donors (Lipinski definition) is 1. The van der Waals surface area contributed by atoms with Gasteiger partial charge in [-0.05, 0) is 44.7 Å². The number of carbonyl (C=O) groups is 3. The van der Waals surface area contributed by atoms with Gasteiger partial charge in [-0.3, -0.25) is 14.4 Å². The van der Waals surface area contributed by atoms with Crippen LogP contribution in [0.15, 0.2) is 42.1 Å². The quantitative estimate of drug-likeness (QED) is 0.612. The number of likely N-dealkylation sites (tertiary alicyclic amines) is 1. The van der Waals surface area contributed by atoms with Crippen LogP contribution in [-0.4, -0.2) is 41.0 Å². The molecule has 0 saturated carbocycles. The van der Waals surface area contributed by atoms with Crippen LogP contribution in [0.25, 0.3) is 0 Å². The normalized spacial score (nSPS) is 23.3. The molecule has 1 fully saturated rings. The third kappa shape index (κ3) is 4.34. The van der Waals surface area contributed by atoms with Crippen molar-refractivity contribution in [1.29, 1.82) is 0 Å². The molecular weight excluding hydrogens is 370 g/mol. The molecule has 1 saturated heterocycles. The number of hydrogen-bond acceptors (Lipinski definition) is 4. The fourth-order valence-corrected chi connectivity index (χ4v) is 4.22. The summed E-state index contributed by atoms with van der Waals surface area (Å²) in [4.78, 5) is 38.9. The number of esters is 1. The first kappa shape index (κ1) is 20.7. The monoisotopic (exact) mass is 395 g/mol. The number of piperidine rings is 1. The van der Waals surface area contributed by atoms with Gasteiger partial charge in [0.25, 0.3) is 0 Å². The summed E-state index contributed by atoms with van der Waals surface area (Å²) >= 11 is 0. The van der Waals surface area contributed by atoms with E-state index in [1.165, 1.54) is 4.90 Å². The molecule has 1 aliphatic heterocycles. The van der Waals surface area contributed by atoms with Gasteiger partial charge >= 0.3 is 11.9 Å². The van der Waals surface area contributed by atoms with Crippen molar-refractivity contribution in [3.8, 4) is 11.8 Å². The van der Waals surface area contributed by atoms with E-state index in [0.717, 1.165) is 18.4 Å². The Kier molecular flexibility index (Phi) is 6.38. The number of aliphatic carboxylic acids is 1. The number of ether oxygens (including phenoxy) is 1. The van der Waals surface area contributed by atoms with Gasteiger partial charge in [0, 0.05) is 11.3 Å². The van der Waals surface area contributed by atoms with Gasteiger partial charge in [-0.1, -0.05) is 36.1 Å². The second-order valence-corrected chi connectivity index (χ2v) is 7.38. The van der Waals surface area contributed by atoms with E-state index < -0.39 is 17.3 Å². The summed E-state index contributed by atoms with van der Waals surface area (Å²) < 4.78 is 5.35. The summed E-state index contributed by atoms with van der Waals surface area (Å²) in [6.07, 6.45) is 3.88. The predicted octanol–water partition coefficient (Wildman–Crippen LogP) is 2.98. The molecule has 0 bridgehead atoms. The van der Waals surface area contributed by atoms with Crippen molar-refractivity contribution in [1.82, 2.24) is 4.90 Å². The number of nitrogens with zero attached hydrogens (tertiary/aromatic N) is 1. The Morgan fingerprint density at radius 1 is 1.31 bits per heavy atom. The molecule has 2 aliphatic rings. The molecule has 1 aromatic rings. The van der Waals surface area contributed by atoms with Crippen LogP contribution in [0, 0.1) is 23.2 Å². The molecule has 1 N–H and O–H groups in total. The van der Waals surface area contributed by atoms with Gasteiger partial charge in [-0.25, -0.2) is 0 Å². The van der Waals surface area contributed by atoms with Crippen LogP contribution in [0.4, 0.5) is 0 Å². The van der Waals surface area contributed by atoms with Gasteiger partial charge in [0.2, 0.25) is 5.91 Å². The molecule has 0 spiro atoms. The van der Waals surface area contributed by atoms with Crippen LogP contribution in [-0.2, 0) is 19.1 Å². The van der Waals surface area contributed by atoms with E-state index in [1.54, 1.807) is 6.92 Å². The lowest BCUT2D eigenvalue weighted by molar-refractivity contribution is -0.163. The number of carboxylic acid groups (broad SMARTS) is 1. The summed E-state index contributed by atoms with van der Waals surface area (Å²) in [5.74, 6) is 3.54. The Balaban J connectivity index is 1.96. The lowest BCUT2D eigenvalue weighted by Crippen LogP contribution is -2.54. The molecule has 3 rings (SSSR count). The molecular formula is C23H25NO5. The maximum absolute atomic E-state index is 13.1. The molecule has 1 heterocycles. The van der Waals surface area contributed by atoms with Crippen molar-refractivity contribution < 1.29 is 24.2 Å². The highest BCUT2D eigenvalue weighted by atomic mass is 16.5. The zero-order valence-corrected chi connectivity index (χ0v) is 16.5. The minimum absolute atomic E-state index is 0.108. The Morgan fingerprint density at radius 3 is 2.76 bits per heavy atom. The van der Waals surface area contributed by atoms with E-state index >= 15 is 0 Å². The van der Waals surface area contributed by atoms with Crippen LogP contribution in [0.1, 0.15) is 44.6 Å². The topological polar surface area (TPSA) is 83.9 Å². The lowest BCUT2D eigenvalue weighted by Gasteiger charge is -2.47. The summed E-state index contributed by atoms with van der Waals surface area (Å²) in [6, 6.07) is 9.42. The molecule has 2 atom stereocenters. The molecule has 0 aromatic heterocycles. The number of amides is 1. The Morgan fingerprint density at radius 2 is 2.07 bits per heavy atom. The third-order valence-corrected chi connectivity index (χ3v) is 5.47. The minimum Gasteiger partial charge on any atom is -0.481 e. The molecule has 0 radical (unpaired) electrons. The summed E-state index contributed by atoms with van der Waals surface area (Å²) in [5, 5.41) is 9.29. The molecule has 6 nitrogen and oxygen atoms in total. The van der Waals surface area contributed by atoms with E-state index in [9.17, 15) is 19.5 Å². The predicted molar refractivity (Wildman–Crippen MR) is 106 cm³/mol. The number of rotatable bonds is 5. The fourth-order valence-electron chi connectivity index (χ4n) is 4.22. The van der Waals surface area contributed by atoms with E-state index in [-0.39, 0.29) is 37.9 Å². The van der Waals surface area contributed by atoms with Crippen molar-refractivity contribution in [2.24, 2.45) is 11.3 Å². The fraction of sp³-hybridized carbons (Fsp3) is 0.435. The number of allylic oxidation sites excluding steroid dienone is 1. The summed E-state index contributed by atoms with van der Waals surface area (Å²) in [7, 11) is 0. The second-order valence-electron chi connectivity index (χ2n) is 7.38. The van der Waals surface area contributed by atoms with Gasteiger partial charge in [-0.15, -0.1) is 0 Å². The number of fused-ring (bicyclic) bond motifs is 1. The average molecular weight is 395 g/mol. The van der Waals surface area contributed by atoms with E-state index in [0.29, 0.717) is 12.1 Å². The van der Waals surface area contributed by atoms with Crippen molar-refractivity contribution in [3.63, 3.8) is 0 Å².